The Hall–Kier alpha value is -3.64. The fourth-order valence-corrected chi connectivity index (χ4v) is 4.61. The van der Waals surface area contributed by atoms with Crippen LogP contribution in [0.25, 0.3) is 5.76 Å². The normalized spacial score (nSPS) is 17.7. The van der Waals surface area contributed by atoms with Crippen molar-refractivity contribution in [1.29, 1.82) is 0 Å². The number of pyridine rings is 1. The van der Waals surface area contributed by atoms with Gasteiger partial charge in [0.25, 0.3) is 11.7 Å². The zero-order valence-electron chi connectivity index (χ0n) is 20.3. The lowest BCUT2D eigenvalue weighted by molar-refractivity contribution is -0.132. The number of anilines is 1. The molecule has 1 saturated heterocycles. The number of hydrogen-bond donors (Lipinski definition) is 1. The summed E-state index contributed by atoms with van der Waals surface area (Å²) in [5.74, 6) is -1.10. The Labute approximate surface area is 209 Å². The van der Waals surface area contributed by atoms with Gasteiger partial charge in [0.05, 0.1) is 18.4 Å². The number of nitrogens with zero attached hydrogens (tertiary/aromatic N) is 2. The lowest BCUT2D eigenvalue weighted by atomic mass is 9.84. The van der Waals surface area contributed by atoms with Crippen molar-refractivity contribution in [3.63, 3.8) is 0 Å². The first-order chi connectivity index (χ1) is 16.5. The van der Waals surface area contributed by atoms with E-state index in [1.54, 1.807) is 67.9 Å². The topological polar surface area (TPSA) is 79.7 Å². The van der Waals surface area contributed by atoms with E-state index in [4.69, 9.17) is 16.3 Å². The van der Waals surface area contributed by atoms with Crippen LogP contribution < -0.4 is 9.64 Å². The van der Waals surface area contributed by atoms with Crippen molar-refractivity contribution in [3.8, 4) is 5.75 Å². The van der Waals surface area contributed by atoms with Crippen molar-refractivity contribution in [2.75, 3.05) is 12.0 Å². The summed E-state index contributed by atoms with van der Waals surface area (Å²) >= 11 is 6.14. The number of carbonyl (C=O) groups is 2. The Balaban J connectivity index is 1.97. The molecule has 0 spiro atoms. The molecule has 180 valence electrons. The van der Waals surface area contributed by atoms with Crippen LogP contribution in [0.5, 0.6) is 5.75 Å². The van der Waals surface area contributed by atoms with Gasteiger partial charge in [-0.05, 0) is 66.4 Å². The van der Waals surface area contributed by atoms with Gasteiger partial charge in [0.2, 0.25) is 0 Å². The molecule has 1 unspecified atom stereocenters. The highest BCUT2D eigenvalue weighted by Gasteiger charge is 2.48. The Kier molecular flexibility index (Phi) is 6.43. The van der Waals surface area contributed by atoms with Crippen molar-refractivity contribution in [3.05, 3.63) is 93.8 Å². The number of halogens is 1. The quantitative estimate of drug-likeness (QED) is 0.276. The Morgan fingerprint density at radius 2 is 1.83 bits per heavy atom. The van der Waals surface area contributed by atoms with Gasteiger partial charge in [0, 0.05) is 28.0 Å². The summed E-state index contributed by atoms with van der Waals surface area (Å²) in [5, 5.41) is 12.0. The molecular formula is C28H27ClN2O4. The van der Waals surface area contributed by atoms with Crippen LogP contribution in [0.4, 0.5) is 5.69 Å². The third-order valence-electron chi connectivity index (χ3n) is 6.11. The molecule has 1 aliphatic heterocycles. The van der Waals surface area contributed by atoms with Gasteiger partial charge in [-0.3, -0.25) is 19.5 Å². The van der Waals surface area contributed by atoms with E-state index in [1.165, 1.54) is 4.90 Å². The first-order valence-electron chi connectivity index (χ1n) is 11.2. The molecule has 0 radical (unpaired) electrons. The number of Topliss-reactive ketones (excluding diaryl/α,β-unsaturated/α-hetero) is 1. The number of ether oxygens (including phenoxy) is 1. The summed E-state index contributed by atoms with van der Waals surface area (Å²) in [6.45, 7) is 7.91. The van der Waals surface area contributed by atoms with Gasteiger partial charge in [-0.25, -0.2) is 0 Å². The SMILES string of the molecule is COc1ccc(/C(O)=C2/C(=O)C(=O)N(c3ccc(Cl)cc3C)C2c2ccccn2)cc1C(C)(C)C. The largest absolute Gasteiger partial charge is 0.507 e. The van der Waals surface area contributed by atoms with E-state index in [1.807, 2.05) is 27.7 Å². The number of ketones is 1. The van der Waals surface area contributed by atoms with E-state index in [-0.39, 0.29) is 16.7 Å². The number of methoxy groups -OCH3 is 1. The minimum Gasteiger partial charge on any atom is -0.507 e. The Morgan fingerprint density at radius 3 is 2.43 bits per heavy atom. The van der Waals surface area contributed by atoms with E-state index < -0.39 is 17.7 Å². The fourth-order valence-electron chi connectivity index (χ4n) is 4.38. The number of rotatable bonds is 4. The number of aliphatic hydroxyl groups is 1. The molecule has 1 atom stereocenters. The lowest BCUT2D eigenvalue weighted by Gasteiger charge is -2.26. The minimum atomic E-state index is -0.906. The summed E-state index contributed by atoms with van der Waals surface area (Å²) in [7, 11) is 1.59. The van der Waals surface area contributed by atoms with E-state index in [2.05, 4.69) is 4.98 Å². The maximum absolute atomic E-state index is 13.4. The second kappa shape index (κ2) is 9.19. The summed E-state index contributed by atoms with van der Waals surface area (Å²) in [6.07, 6.45) is 1.59. The Morgan fingerprint density at radius 1 is 1.09 bits per heavy atom. The van der Waals surface area contributed by atoms with E-state index in [0.29, 0.717) is 27.7 Å². The fraction of sp³-hybridized carbons (Fsp3) is 0.250. The number of hydrogen-bond acceptors (Lipinski definition) is 5. The maximum Gasteiger partial charge on any atom is 0.300 e. The molecule has 2 heterocycles. The summed E-state index contributed by atoms with van der Waals surface area (Å²) < 4.78 is 5.51. The minimum absolute atomic E-state index is 0.0203. The molecule has 6 nitrogen and oxygen atoms in total. The van der Waals surface area contributed by atoms with Crippen molar-refractivity contribution < 1.29 is 19.4 Å². The van der Waals surface area contributed by atoms with Crippen LogP contribution in [-0.2, 0) is 15.0 Å². The van der Waals surface area contributed by atoms with Crippen LogP contribution in [0.3, 0.4) is 0 Å². The van der Waals surface area contributed by atoms with Crippen molar-refractivity contribution in [1.82, 2.24) is 4.98 Å². The molecule has 35 heavy (non-hydrogen) atoms. The van der Waals surface area contributed by atoms with Crippen molar-refractivity contribution in [2.45, 2.75) is 39.2 Å². The van der Waals surface area contributed by atoms with Gasteiger partial charge in [0.1, 0.15) is 17.6 Å². The van der Waals surface area contributed by atoms with Crippen LogP contribution in [0.1, 0.15) is 49.2 Å². The second-order valence-corrected chi connectivity index (χ2v) is 9.96. The number of aromatic nitrogens is 1. The van der Waals surface area contributed by atoms with Gasteiger partial charge < -0.3 is 9.84 Å². The van der Waals surface area contributed by atoms with Crippen LogP contribution >= 0.6 is 11.6 Å². The molecule has 7 heteroatoms. The first-order valence-corrected chi connectivity index (χ1v) is 11.6. The summed E-state index contributed by atoms with van der Waals surface area (Å²) in [5.41, 5.74) is 2.69. The molecular weight excluding hydrogens is 464 g/mol. The van der Waals surface area contributed by atoms with Crippen LogP contribution in [0, 0.1) is 6.92 Å². The zero-order chi connectivity index (χ0) is 25.5. The van der Waals surface area contributed by atoms with Crippen molar-refractivity contribution >= 4 is 34.7 Å². The smallest absolute Gasteiger partial charge is 0.300 e. The van der Waals surface area contributed by atoms with Crippen LogP contribution in [0.15, 0.2) is 66.4 Å². The third kappa shape index (κ3) is 4.42. The van der Waals surface area contributed by atoms with Crippen LogP contribution in [-0.4, -0.2) is 28.9 Å². The number of benzene rings is 2. The molecule has 0 saturated carbocycles. The standard InChI is InChI=1S/C28H27ClN2O4/c1-16-14-18(29)10-11-21(16)31-24(20-8-6-7-13-30-20)23(26(33)27(31)34)25(32)17-9-12-22(35-5)19(15-17)28(2,3)4/h6-15,24,32H,1-5H3/b25-23-. The predicted molar refractivity (Wildman–Crippen MR) is 137 cm³/mol. The van der Waals surface area contributed by atoms with Gasteiger partial charge in [-0.2, -0.15) is 0 Å². The molecule has 0 aliphatic carbocycles. The van der Waals surface area contributed by atoms with Gasteiger partial charge in [0.15, 0.2) is 0 Å². The second-order valence-electron chi connectivity index (χ2n) is 9.52. The molecule has 2 aromatic carbocycles. The van der Waals surface area contributed by atoms with Gasteiger partial charge >= 0.3 is 0 Å². The molecule has 1 amide bonds. The van der Waals surface area contributed by atoms with Gasteiger partial charge in [-0.15, -0.1) is 0 Å². The number of amides is 1. The van der Waals surface area contributed by atoms with E-state index in [9.17, 15) is 14.7 Å². The Bertz CT molecular complexity index is 1340. The molecule has 1 aliphatic rings. The highest BCUT2D eigenvalue weighted by Crippen LogP contribution is 2.43. The van der Waals surface area contributed by atoms with E-state index in [0.717, 1.165) is 11.1 Å². The molecule has 1 N–H and O–H groups in total. The van der Waals surface area contributed by atoms with Crippen molar-refractivity contribution in [2.24, 2.45) is 0 Å². The molecule has 3 aromatic rings. The maximum atomic E-state index is 13.4. The number of aryl methyl sites for hydroxylation is 1. The number of carbonyl (C=O) groups excluding carboxylic acids is 2. The summed E-state index contributed by atoms with van der Waals surface area (Å²) in [4.78, 5) is 32.5. The highest BCUT2D eigenvalue weighted by molar-refractivity contribution is 6.51. The van der Waals surface area contributed by atoms with Gasteiger partial charge in [-0.1, -0.05) is 38.4 Å². The molecule has 0 bridgehead atoms. The summed E-state index contributed by atoms with van der Waals surface area (Å²) in [6, 6.07) is 14.7. The highest BCUT2D eigenvalue weighted by atomic mass is 35.5. The monoisotopic (exact) mass is 490 g/mol. The molecule has 4 rings (SSSR count). The molecule has 1 aromatic heterocycles. The first kappa shape index (κ1) is 24.5. The lowest BCUT2D eigenvalue weighted by Crippen LogP contribution is -2.30. The third-order valence-corrected chi connectivity index (χ3v) is 6.35. The van der Waals surface area contributed by atoms with E-state index >= 15 is 0 Å². The van der Waals surface area contributed by atoms with Crippen LogP contribution in [0.2, 0.25) is 5.02 Å². The number of aliphatic hydroxyl groups excluding tert-OH is 1. The zero-order valence-corrected chi connectivity index (χ0v) is 21.1. The predicted octanol–water partition coefficient (Wildman–Crippen LogP) is 5.98. The average Bonchev–Trinajstić information content (AvgIpc) is 3.08. The molecule has 1 fully saturated rings. The average molecular weight is 491 g/mol.